The highest BCUT2D eigenvalue weighted by atomic mass is 16.1. The van der Waals surface area contributed by atoms with Crippen LogP contribution in [-0.4, -0.2) is 20.7 Å². The molecule has 0 unspecified atom stereocenters. The first kappa shape index (κ1) is 13.1. The van der Waals surface area contributed by atoms with Gasteiger partial charge in [-0.05, 0) is 19.3 Å². The monoisotopic (exact) mass is 250 g/mol. The second-order valence-electron chi connectivity index (χ2n) is 5.19. The minimum Gasteiger partial charge on any atom is -0.349 e. The number of carbonyl (C=O) groups excluding carboxylic acids is 1. The summed E-state index contributed by atoms with van der Waals surface area (Å²) in [6.45, 7) is 4.42. The molecule has 1 N–H and O–H groups in total. The Balaban J connectivity index is 1.93. The molecule has 100 valence electrons. The van der Waals surface area contributed by atoms with Gasteiger partial charge in [0, 0.05) is 18.9 Å². The third kappa shape index (κ3) is 2.54. The third-order valence-corrected chi connectivity index (χ3v) is 3.95. The number of nitrogens with one attached hydrogen (secondary N) is 1. The minimum absolute atomic E-state index is 0.0596. The molecule has 1 aliphatic carbocycles. The highest BCUT2D eigenvalue weighted by molar-refractivity contribution is 5.78. The zero-order valence-corrected chi connectivity index (χ0v) is 11.4. The van der Waals surface area contributed by atoms with Crippen LogP contribution in [-0.2, 0) is 18.4 Å². The van der Waals surface area contributed by atoms with E-state index < -0.39 is 0 Å². The molecular formula is C13H22N4O. The molecule has 0 aliphatic heterocycles. The van der Waals surface area contributed by atoms with Gasteiger partial charge in [0.05, 0.1) is 6.54 Å². The van der Waals surface area contributed by atoms with Gasteiger partial charge in [0.15, 0.2) is 5.82 Å². The first-order valence-electron chi connectivity index (χ1n) is 6.79. The van der Waals surface area contributed by atoms with Gasteiger partial charge in [-0.1, -0.05) is 20.3 Å². The van der Waals surface area contributed by atoms with Crippen molar-refractivity contribution in [3.8, 4) is 0 Å². The fourth-order valence-corrected chi connectivity index (χ4v) is 2.08. The maximum atomic E-state index is 11.7. The van der Waals surface area contributed by atoms with Gasteiger partial charge in [-0.3, -0.25) is 4.79 Å². The van der Waals surface area contributed by atoms with E-state index in [-0.39, 0.29) is 11.8 Å². The van der Waals surface area contributed by atoms with Crippen LogP contribution >= 0.6 is 0 Å². The van der Waals surface area contributed by atoms with Crippen LogP contribution < -0.4 is 5.32 Å². The predicted octanol–water partition coefficient (Wildman–Crippen LogP) is 1.74. The molecule has 0 bridgehead atoms. The van der Waals surface area contributed by atoms with Gasteiger partial charge in [-0.2, -0.15) is 0 Å². The summed E-state index contributed by atoms with van der Waals surface area (Å²) in [5.41, 5.74) is 0. The fraction of sp³-hybridized carbons (Fsp3) is 0.769. The van der Waals surface area contributed by atoms with Crippen molar-refractivity contribution in [2.75, 3.05) is 0 Å². The van der Waals surface area contributed by atoms with Crippen LogP contribution in [0.1, 0.15) is 57.1 Å². The van der Waals surface area contributed by atoms with E-state index in [0.717, 1.165) is 18.1 Å². The zero-order valence-electron chi connectivity index (χ0n) is 11.4. The van der Waals surface area contributed by atoms with Crippen LogP contribution in [0.3, 0.4) is 0 Å². The van der Waals surface area contributed by atoms with Crippen molar-refractivity contribution in [2.45, 2.75) is 52.0 Å². The minimum atomic E-state index is 0.0596. The lowest BCUT2D eigenvalue weighted by molar-refractivity contribution is -0.124. The first-order chi connectivity index (χ1) is 8.63. The molecule has 1 aliphatic rings. The van der Waals surface area contributed by atoms with Crippen molar-refractivity contribution in [3.63, 3.8) is 0 Å². The second kappa shape index (κ2) is 5.50. The van der Waals surface area contributed by atoms with E-state index in [9.17, 15) is 4.79 Å². The normalized spacial score (nSPS) is 17.3. The van der Waals surface area contributed by atoms with E-state index in [1.165, 1.54) is 19.3 Å². The lowest BCUT2D eigenvalue weighted by Crippen LogP contribution is -2.29. The maximum Gasteiger partial charge on any atom is 0.223 e. The molecule has 1 fully saturated rings. The number of hydrogen-bond donors (Lipinski definition) is 1. The average molecular weight is 250 g/mol. The number of carbonyl (C=O) groups is 1. The molecular weight excluding hydrogens is 228 g/mol. The summed E-state index contributed by atoms with van der Waals surface area (Å²) in [4.78, 5) is 11.7. The second-order valence-corrected chi connectivity index (χ2v) is 5.19. The SMILES string of the molecule is CC[C@H](C)C(=O)NCc1nnc(C2CCC2)n1C. The molecule has 5 nitrogen and oxygen atoms in total. The Labute approximate surface area is 108 Å². The first-order valence-corrected chi connectivity index (χ1v) is 6.79. The summed E-state index contributed by atoms with van der Waals surface area (Å²) in [5, 5.41) is 11.3. The van der Waals surface area contributed by atoms with E-state index in [2.05, 4.69) is 15.5 Å². The Bertz CT molecular complexity index is 423. The van der Waals surface area contributed by atoms with Crippen molar-refractivity contribution in [3.05, 3.63) is 11.6 Å². The molecule has 1 atom stereocenters. The summed E-state index contributed by atoms with van der Waals surface area (Å²) in [6, 6.07) is 0. The highest BCUT2D eigenvalue weighted by Crippen LogP contribution is 2.34. The van der Waals surface area contributed by atoms with E-state index in [1.54, 1.807) is 0 Å². The molecule has 0 aromatic carbocycles. The Morgan fingerprint density at radius 2 is 2.22 bits per heavy atom. The Kier molecular flexibility index (Phi) is 3.99. The number of nitrogens with zero attached hydrogens (tertiary/aromatic N) is 3. The van der Waals surface area contributed by atoms with Gasteiger partial charge < -0.3 is 9.88 Å². The number of aromatic nitrogens is 3. The van der Waals surface area contributed by atoms with Crippen LogP contribution in [0.15, 0.2) is 0 Å². The topological polar surface area (TPSA) is 59.8 Å². The van der Waals surface area contributed by atoms with E-state index >= 15 is 0 Å². The summed E-state index contributed by atoms with van der Waals surface area (Å²) < 4.78 is 2.03. The third-order valence-electron chi connectivity index (χ3n) is 3.95. The van der Waals surface area contributed by atoms with Crippen LogP contribution in [0.25, 0.3) is 0 Å². The molecule has 1 heterocycles. The molecule has 0 spiro atoms. The average Bonchev–Trinajstić information content (AvgIpc) is 2.65. The molecule has 0 saturated heterocycles. The van der Waals surface area contributed by atoms with Crippen LogP contribution in [0.5, 0.6) is 0 Å². The molecule has 1 saturated carbocycles. The zero-order chi connectivity index (χ0) is 13.1. The smallest absolute Gasteiger partial charge is 0.223 e. The van der Waals surface area contributed by atoms with Crippen LogP contribution in [0.2, 0.25) is 0 Å². The van der Waals surface area contributed by atoms with Crippen LogP contribution in [0.4, 0.5) is 0 Å². The standard InChI is InChI=1S/C13H22N4O/c1-4-9(2)13(18)14-8-11-15-16-12(17(11)3)10-6-5-7-10/h9-10H,4-8H2,1-3H3,(H,14,18)/t9-/m0/s1. The Morgan fingerprint density at radius 1 is 1.50 bits per heavy atom. The van der Waals surface area contributed by atoms with Gasteiger partial charge in [-0.25, -0.2) is 0 Å². The Morgan fingerprint density at radius 3 is 2.78 bits per heavy atom. The molecule has 0 radical (unpaired) electrons. The van der Waals surface area contributed by atoms with Crippen molar-refractivity contribution >= 4 is 5.91 Å². The quantitative estimate of drug-likeness (QED) is 0.866. The number of hydrogen-bond acceptors (Lipinski definition) is 3. The van der Waals surface area contributed by atoms with E-state index in [4.69, 9.17) is 0 Å². The predicted molar refractivity (Wildman–Crippen MR) is 68.9 cm³/mol. The lowest BCUT2D eigenvalue weighted by Gasteiger charge is -2.24. The molecule has 1 aromatic rings. The Hall–Kier alpha value is -1.39. The van der Waals surface area contributed by atoms with Gasteiger partial charge in [0.25, 0.3) is 0 Å². The van der Waals surface area contributed by atoms with Crippen molar-refractivity contribution in [1.82, 2.24) is 20.1 Å². The summed E-state index contributed by atoms with van der Waals surface area (Å²) >= 11 is 0. The van der Waals surface area contributed by atoms with Crippen molar-refractivity contribution in [2.24, 2.45) is 13.0 Å². The summed E-state index contributed by atoms with van der Waals surface area (Å²) in [7, 11) is 1.98. The van der Waals surface area contributed by atoms with Gasteiger partial charge >= 0.3 is 0 Å². The maximum absolute atomic E-state index is 11.7. The lowest BCUT2D eigenvalue weighted by atomic mass is 9.85. The van der Waals surface area contributed by atoms with E-state index in [0.29, 0.717) is 12.5 Å². The van der Waals surface area contributed by atoms with Crippen molar-refractivity contribution in [1.29, 1.82) is 0 Å². The van der Waals surface area contributed by atoms with Gasteiger partial charge in [0.1, 0.15) is 5.82 Å². The molecule has 2 rings (SSSR count). The van der Waals surface area contributed by atoms with E-state index in [1.807, 2.05) is 25.5 Å². The molecule has 1 amide bonds. The van der Waals surface area contributed by atoms with Crippen LogP contribution in [0, 0.1) is 5.92 Å². The molecule has 5 heteroatoms. The summed E-state index contributed by atoms with van der Waals surface area (Å²) in [6.07, 6.45) is 4.58. The van der Waals surface area contributed by atoms with Gasteiger partial charge in [0.2, 0.25) is 5.91 Å². The summed E-state index contributed by atoms with van der Waals surface area (Å²) in [5.74, 6) is 2.62. The number of rotatable bonds is 5. The highest BCUT2D eigenvalue weighted by Gasteiger charge is 2.25. The molecule has 18 heavy (non-hydrogen) atoms. The van der Waals surface area contributed by atoms with Crippen molar-refractivity contribution < 1.29 is 4.79 Å². The largest absolute Gasteiger partial charge is 0.349 e. The number of amides is 1. The fourth-order valence-electron chi connectivity index (χ4n) is 2.08. The van der Waals surface area contributed by atoms with Gasteiger partial charge in [-0.15, -0.1) is 10.2 Å². The molecule has 1 aromatic heterocycles.